The van der Waals surface area contributed by atoms with E-state index in [0.29, 0.717) is 19.3 Å². The summed E-state index contributed by atoms with van der Waals surface area (Å²) in [4.78, 5) is 35.7. The smallest absolute Gasteiger partial charge is 0.462 e. The molecule has 8 atom stereocenters. The lowest BCUT2D eigenvalue weighted by Crippen LogP contribution is -2.64. The molecule has 0 heterocycles. The second-order valence-corrected chi connectivity index (χ2v) is 18.0. The SMILES string of the molecule is CCCCC/C=C/C/C=C/CCCCCCCCCC(=O)O[C@@H](COC(=O)CCC/C=C/C/C=C/C/C=C/CCCCCCCC)COP(=O)(O)OC1C(O)C(O)C(O)[C@H](O)C1O. The summed E-state index contributed by atoms with van der Waals surface area (Å²) >= 11 is 0. The number of phosphoric ester groups is 1. The molecule has 0 aromatic heterocycles. The van der Waals surface area contributed by atoms with Crippen LogP contribution >= 0.6 is 7.82 Å². The summed E-state index contributed by atoms with van der Waals surface area (Å²) in [6.45, 7) is 3.22. The van der Waals surface area contributed by atoms with Crippen molar-refractivity contribution in [2.45, 2.75) is 224 Å². The van der Waals surface area contributed by atoms with Crippen molar-refractivity contribution < 1.29 is 63.1 Å². The second-order valence-electron chi connectivity index (χ2n) is 16.6. The molecule has 0 saturated heterocycles. The van der Waals surface area contributed by atoms with E-state index in [9.17, 15) is 44.6 Å². The Morgan fingerprint density at radius 1 is 0.492 bits per heavy atom. The molecule has 0 aliphatic heterocycles. The monoisotopic (exact) mass is 913 g/mol. The Bertz CT molecular complexity index is 1330. The van der Waals surface area contributed by atoms with Gasteiger partial charge in [-0.2, -0.15) is 0 Å². The summed E-state index contributed by atoms with van der Waals surface area (Å²) in [6, 6.07) is 0. The van der Waals surface area contributed by atoms with Crippen LogP contribution in [0.25, 0.3) is 0 Å². The molecule has 63 heavy (non-hydrogen) atoms. The van der Waals surface area contributed by atoms with Gasteiger partial charge in [-0.25, -0.2) is 4.57 Å². The Hall–Kier alpha value is -2.45. The van der Waals surface area contributed by atoms with E-state index in [-0.39, 0.29) is 12.8 Å². The van der Waals surface area contributed by atoms with E-state index in [2.05, 4.69) is 62.5 Å². The highest BCUT2D eigenvalue weighted by Gasteiger charge is 2.51. The maximum absolute atomic E-state index is 12.8. The normalized spacial score (nSPS) is 22.2. The lowest BCUT2D eigenvalue weighted by molar-refractivity contribution is -0.220. The maximum Gasteiger partial charge on any atom is 0.472 e. The molecule has 1 saturated carbocycles. The van der Waals surface area contributed by atoms with Crippen LogP contribution in [0.5, 0.6) is 0 Å². The Balaban J connectivity index is 2.49. The number of phosphoric acid groups is 1. The van der Waals surface area contributed by atoms with E-state index < -0.39 is 75.7 Å². The van der Waals surface area contributed by atoms with Crippen LogP contribution in [0.1, 0.15) is 181 Å². The Kier molecular flexibility index (Phi) is 36.1. The van der Waals surface area contributed by atoms with Crippen LogP contribution in [0.4, 0.5) is 0 Å². The van der Waals surface area contributed by atoms with Gasteiger partial charge in [-0.1, -0.05) is 152 Å². The third-order valence-corrected chi connectivity index (χ3v) is 11.8. The molecule has 0 bridgehead atoms. The van der Waals surface area contributed by atoms with Crippen LogP contribution in [-0.4, -0.2) is 98.3 Å². The van der Waals surface area contributed by atoms with Crippen molar-refractivity contribution in [2.75, 3.05) is 13.2 Å². The molecule has 0 amide bonds. The van der Waals surface area contributed by atoms with Crippen molar-refractivity contribution in [3.05, 3.63) is 60.8 Å². The Morgan fingerprint density at radius 2 is 0.873 bits per heavy atom. The van der Waals surface area contributed by atoms with Crippen molar-refractivity contribution >= 4 is 19.8 Å². The highest BCUT2D eigenvalue weighted by Crippen LogP contribution is 2.47. The van der Waals surface area contributed by atoms with Gasteiger partial charge in [0, 0.05) is 12.8 Å². The molecule has 364 valence electrons. The number of unbranched alkanes of at least 4 members (excludes halogenated alkanes) is 17. The standard InChI is InChI=1S/C49H85O13P/c1-3-5-7-9-11-13-15-17-19-21-23-25-27-29-31-33-35-37-42(50)59-39-41(40-60-63(57,58)62-49-47(55)45(53)44(52)46(54)48(49)56)61-43(51)38-36-34-32-30-28-26-24-22-20-18-16-14-12-10-8-6-4-2/h12,14,17-20,23,25,29,31,41,44-49,52-56H,3-11,13,15-16,21-22,24,26-28,30,32-40H2,1-2H3,(H,57,58)/b14-12+,19-17+,20-18+,25-23+,31-29+/t41-,44?,45-,46?,47?,48?,49?/m0/s1. The minimum atomic E-state index is -5.13. The molecule has 14 heteroatoms. The molecule has 1 fully saturated rings. The van der Waals surface area contributed by atoms with Crippen molar-refractivity contribution in [3.63, 3.8) is 0 Å². The van der Waals surface area contributed by atoms with Crippen molar-refractivity contribution in [1.82, 2.24) is 0 Å². The summed E-state index contributed by atoms with van der Waals surface area (Å²) in [5.41, 5.74) is 0. The minimum Gasteiger partial charge on any atom is -0.462 e. The maximum atomic E-state index is 12.8. The van der Waals surface area contributed by atoms with Gasteiger partial charge in [0.15, 0.2) is 6.10 Å². The van der Waals surface area contributed by atoms with Crippen molar-refractivity contribution in [3.8, 4) is 0 Å². The van der Waals surface area contributed by atoms with Gasteiger partial charge < -0.3 is 39.9 Å². The molecule has 0 radical (unpaired) electrons. The lowest BCUT2D eigenvalue weighted by atomic mass is 9.85. The number of carbonyl (C=O) groups is 2. The summed E-state index contributed by atoms with van der Waals surface area (Å²) in [7, 11) is -5.13. The highest BCUT2D eigenvalue weighted by atomic mass is 31.2. The zero-order chi connectivity index (χ0) is 46.4. The number of esters is 2. The van der Waals surface area contributed by atoms with E-state index in [4.69, 9.17) is 18.5 Å². The van der Waals surface area contributed by atoms with Gasteiger partial charge in [0.1, 0.15) is 43.2 Å². The van der Waals surface area contributed by atoms with Gasteiger partial charge in [-0.05, 0) is 77.0 Å². The predicted octanol–water partition coefficient (Wildman–Crippen LogP) is 9.73. The van der Waals surface area contributed by atoms with Crippen LogP contribution in [0.15, 0.2) is 60.8 Å². The number of hydrogen-bond donors (Lipinski definition) is 6. The first-order valence-corrected chi connectivity index (χ1v) is 25.6. The minimum absolute atomic E-state index is 0.0750. The molecule has 0 spiro atoms. The van der Waals surface area contributed by atoms with Crippen LogP contribution in [0.2, 0.25) is 0 Å². The first kappa shape index (κ1) is 58.6. The number of aliphatic hydroxyl groups is 5. The molecule has 0 aromatic carbocycles. The van der Waals surface area contributed by atoms with E-state index in [1.165, 1.54) is 57.8 Å². The van der Waals surface area contributed by atoms with Crippen LogP contribution in [-0.2, 0) is 32.7 Å². The molecule has 6 unspecified atom stereocenters. The highest BCUT2D eigenvalue weighted by molar-refractivity contribution is 7.47. The summed E-state index contributed by atoms with van der Waals surface area (Å²) < 4.78 is 33.5. The first-order valence-electron chi connectivity index (χ1n) is 24.1. The molecule has 1 rings (SSSR count). The largest absolute Gasteiger partial charge is 0.472 e. The fourth-order valence-electron chi connectivity index (χ4n) is 6.92. The third-order valence-electron chi connectivity index (χ3n) is 10.8. The van der Waals surface area contributed by atoms with Gasteiger partial charge >= 0.3 is 19.8 Å². The molecule has 0 aromatic rings. The summed E-state index contributed by atoms with van der Waals surface area (Å²) in [5.74, 6) is -1.17. The van der Waals surface area contributed by atoms with Gasteiger partial charge in [0.2, 0.25) is 0 Å². The number of ether oxygens (including phenoxy) is 2. The van der Waals surface area contributed by atoms with Crippen LogP contribution < -0.4 is 0 Å². The molecule has 1 aliphatic rings. The fourth-order valence-corrected chi connectivity index (χ4v) is 7.89. The van der Waals surface area contributed by atoms with E-state index >= 15 is 0 Å². The second kappa shape index (κ2) is 38.8. The summed E-state index contributed by atoms with van der Waals surface area (Å²) in [5, 5.41) is 50.2. The van der Waals surface area contributed by atoms with Crippen molar-refractivity contribution in [2.24, 2.45) is 0 Å². The van der Waals surface area contributed by atoms with Gasteiger partial charge in [0.25, 0.3) is 0 Å². The Morgan fingerprint density at radius 3 is 1.38 bits per heavy atom. The molecule has 13 nitrogen and oxygen atoms in total. The number of hydrogen-bond acceptors (Lipinski definition) is 12. The Labute approximate surface area is 379 Å². The average Bonchev–Trinajstić information content (AvgIpc) is 3.26. The van der Waals surface area contributed by atoms with Gasteiger partial charge in [-0.15, -0.1) is 0 Å². The molecular weight excluding hydrogens is 828 g/mol. The van der Waals surface area contributed by atoms with Crippen LogP contribution in [0, 0.1) is 0 Å². The zero-order valence-corrected chi connectivity index (χ0v) is 39.5. The van der Waals surface area contributed by atoms with E-state index in [1.807, 2.05) is 12.2 Å². The number of allylic oxidation sites excluding steroid dienone is 10. The molecule has 6 N–H and O–H groups in total. The summed E-state index contributed by atoms with van der Waals surface area (Å²) in [6.07, 6.45) is 34.2. The average molecular weight is 913 g/mol. The van der Waals surface area contributed by atoms with E-state index in [0.717, 1.165) is 77.0 Å². The molecular formula is C49H85O13P. The molecule has 1 aliphatic carbocycles. The predicted molar refractivity (Wildman–Crippen MR) is 249 cm³/mol. The van der Waals surface area contributed by atoms with Gasteiger partial charge in [0.05, 0.1) is 6.61 Å². The van der Waals surface area contributed by atoms with E-state index in [1.54, 1.807) is 0 Å². The topological polar surface area (TPSA) is 210 Å². The quantitative estimate of drug-likeness (QED) is 0.0147. The lowest BCUT2D eigenvalue weighted by Gasteiger charge is -2.41. The number of aliphatic hydroxyl groups excluding tert-OH is 5. The first-order chi connectivity index (χ1) is 30.4. The number of rotatable bonds is 39. The zero-order valence-electron chi connectivity index (χ0n) is 38.6. The van der Waals surface area contributed by atoms with Crippen molar-refractivity contribution in [1.29, 1.82) is 0 Å². The fraction of sp³-hybridized carbons (Fsp3) is 0.755. The van der Waals surface area contributed by atoms with Crippen LogP contribution in [0.3, 0.4) is 0 Å². The van der Waals surface area contributed by atoms with Gasteiger partial charge in [-0.3, -0.25) is 18.6 Å². The number of carbonyl (C=O) groups excluding carboxylic acids is 2. The third kappa shape index (κ3) is 31.2.